The lowest BCUT2D eigenvalue weighted by Gasteiger charge is -2.07. The van der Waals surface area contributed by atoms with Gasteiger partial charge in [0.05, 0.1) is 5.75 Å². The second-order valence-corrected chi connectivity index (χ2v) is 7.18. The van der Waals surface area contributed by atoms with Crippen molar-refractivity contribution in [3.63, 3.8) is 0 Å². The largest absolute Gasteiger partial charge is 0.325 e. The van der Waals surface area contributed by atoms with Crippen LogP contribution in [-0.4, -0.2) is 31.4 Å². The number of carbonyl (C=O) groups is 1. The van der Waals surface area contributed by atoms with Gasteiger partial charge in [-0.1, -0.05) is 33.8 Å². The number of pyridine rings is 1. The Hall–Kier alpha value is -2.19. The molecule has 2 heterocycles. The predicted octanol–water partition coefficient (Wildman–Crippen LogP) is 3.68. The van der Waals surface area contributed by atoms with Crippen LogP contribution >= 0.6 is 27.7 Å². The van der Waals surface area contributed by atoms with Gasteiger partial charge in [0.25, 0.3) is 0 Å². The molecule has 1 amide bonds. The number of thioether (sulfide) groups is 1. The van der Waals surface area contributed by atoms with Crippen molar-refractivity contribution in [3.05, 3.63) is 52.6 Å². The van der Waals surface area contributed by atoms with Gasteiger partial charge in [-0.05, 0) is 42.8 Å². The molecule has 3 aromatic rings. The molecule has 25 heavy (non-hydrogen) atoms. The highest BCUT2D eigenvalue weighted by Crippen LogP contribution is 2.22. The molecular weight excluding hydrogens is 402 g/mol. The number of aryl methyl sites for hydroxylation is 1. The highest BCUT2D eigenvalue weighted by Gasteiger charge is 2.13. The van der Waals surface area contributed by atoms with Crippen molar-refractivity contribution in [1.82, 2.24) is 19.7 Å². The van der Waals surface area contributed by atoms with E-state index < -0.39 is 0 Å². The Labute approximate surface area is 158 Å². The summed E-state index contributed by atoms with van der Waals surface area (Å²) in [5.74, 6) is 0.838. The van der Waals surface area contributed by atoms with E-state index >= 15 is 0 Å². The molecule has 1 aromatic carbocycles. The Kier molecular flexibility index (Phi) is 5.50. The molecule has 8 heteroatoms. The van der Waals surface area contributed by atoms with Gasteiger partial charge in [0.15, 0.2) is 11.0 Å². The quantitative estimate of drug-likeness (QED) is 0.640. The number of hydrogen-bond donors (Lipinski definition) is 1. The fourth-order valence-corrected chi connectivity index (χ4v) is 3.17. The highest BCUT2D eigenvalue weighted by molar-refractivity contribution is 9.10. The monoisotopic (exact) mass is 417 g/mol. The van der Waals surface area contributed by atoms with Gasteiger partial charge in [0.2, 0.25) is 5.91 Å². The summed E-state index contributed by atoms with van der Waals surface area (Å²) >= 11 is 4.78. The van der Waals surface area contributed by atoms with Crippen LogP contribution in [0.1, 0.15) is 5.56 Å². The number of aromatic nitrogens is 4. The van der Waals surface area contributed by atoms with Crippen LogP contribution in [0.15, 0.2) is 52.2 Å². The van der Waals surface area contributed by atoms with Gasteiger partial charge in [-0.3, -0.25) is 9.78 Å². The summed E-state index contributed by atoms with van der Waals surface area (Å²) in [6, 6.07) is 11.3. The molecule has 6 nitrogen and oxygen atoms in total. The zero-order chi connectivity index (χ0) is 17.8. The summed E-state index contributed by atoms with van der Waals surface area (Å²) in [5.41, 5.74) is 2.59. The Morgan fingerprint density at radius 3 is 2.84 bits per heavy atom. The number of benzene rings is 1. The van der Waals surface area contributed by atoms with Crippen LogP contribution in [-0.2, 0) is 11.8 Å². The molecule has 0 saturated heterocycles. The van der Waals surface area contributed by atoms with Crippen LogP contribution in [0.25, 0.3) is 11.5 Å². The molecule has 0 saturated carbocycles. The smallest absolute Gasteiger partial charge is 0.234 e. The summed E-state index contributed by atoms with van der Waals surface area (Å²) in [6.45, 7) is 1.98. The van der Waals surface area contributed by atoms with Crippen LogP contribution in [0, 0.1) is 6.92 Å². The molecule has 2 aromatic heterocycles. The lowest BCUT2D eigenvalue weighted by molar-refractivity contribution is -0.113. The van der Waals surface area contributed by atoms with Crippen molar-refractivity contribution < 1.29 is 4.79 Å². The first kappa shape index (κ1) is 17.6. The summed E-state index contributed by atoms with van der Waals surface area (Å²) in [4.78, 5) is 16.4. The Bertz CT molecular complexity index is 897. The maximum absolute atomic E-state index is 12.2. The van der Waals surface area contributed by atoms with Gasteiger partial charge in [-0.15, -0.1) is 10.2 Å². The van der Waals surface area contributed by atoms with Gasteiger partial charge < -0.3 is 9.88 Å². The average molecular weight is 418 g/mol. The van der Waals surface area contributed by atoms with Gasteiger partial charge in [-0.25, -0.2) is 0 Å². The van der Waals surface area contributed by atoms with Gasteiger partial charge in [0.1, 0.15) is 5.69 Å². The van der Waals surface area contributed by atoms with Crippen LogP contribution in [0.2, 0.25) is 0 Å². The van der Waals surface area contributed by atoms with Crippen LogP contribution in [0.5, 0.6) is 0 Å². The number of carbonyl (C=O) groups excluding carboxylic acids is 1. The van der Waals surface area contributed by atoms with Crippen molar-refractivity contribution in [3.8, 4) is 11.5 Å². The maximum atomic E-state index is 12.2. The first-order valence-corrected chi connectivity index (χ1v) is 9.32. The number of nitrogens with one attached hydrogen (secondary N) is 1. The molecule has 0 spiro atoms. The second kappa shape index (κ2) is 7.79. The van der Waals surface area contributed by atoms with Crippen molar-refractivity contribution in [2.45, 2.75) is 12.1 Å². The molecule has 0 aliphatic carbocycles. The summed E-state index contributed by atoms with van der Waals surface area (Å²) in [7, 11) is 1.86. The molecular formula is C17H16BrN5OS. The lowest BCUT2D eigenvalue weighted by Crippen LogP contribution is -2.14. The van der Waals surface area contributed by atoms with Crippen molar-refractivity contribution in [1.29, 1.82) is 0 Å². The molecule has 0 radical (unpaired) electrons. The third-order valence-electron chi connectivity index (χ3n) is 3.50. The first-order valence-electron chi connectivity index (χ1n) is 7.54. The van der Waals surface area contributed by atoms with E-state index in [1.807, 2.05) is 54.9 Å². The molecule has 128 valence electrons. The van der Waals surface area contributed by atoms with Crippen molar-refractivity contribution in [2.24, 2.45) is 7.05 Å². The lowest BCUT2D eigenvalue weighted by atomic mass is 10.2. The summed E-state index contributed by atoms with van der Waals surface area (Å²) in [5, 5.41) is 11.9. The topological polar surface area (TPSA) is 72.7 Å². The number of rotatable bonds is 5. The van der Waals surface area contributed by atoms with E-state index in [2.05, 4.69) is 36.4 Å². The number of hydrogen-bond acceptors (Lipinski definition) is 5. The minimum atomic E-state index is -0.0888. The summed E-state index contributed by atoms with van der Waals surface area (Å²) < 4.78 is 2.85. The predicted molar refractivity (Wildman–Crippen MR) is 102 cm³/mol. The molecule has 0 unspecified atom stereocenters. The number of halogens is 1. The second-order valence-electron chi connectivity index (χ2n) is 5.38. The third kappa shape index (κ3) is 4.26. The summed E-state index contributed by atoms with van der Waals surface area (Å²) in [6.07, 6.45) is 1.71. The number of amides is 1. The zero-order valence-electron chi connectivity index (χ0n) is 13.7. The van der Waals surface area contributed by atoms with E-state index in [4.69, 9.17) is 0 Å². The maximum Gasteiger partial charge on any atom is 0.234 e. The molecule has 1 N–H and O–H groups in total. The van der Waals surface area contributed by atoms with Crippen molar-refractivity contribution in [2.75, 3.05) is 11.1 Å². The standard InChI is InChI=1S/C17H16BrN5OS/c1-11-9-12(6-7-13(11)18)20-15(24)10-25-17-22-21-16(23(17)2)14-5-3-4-8-19-14/h3-9H,10H2,1-2H3,(H,20,24). The Morgan fingerprint density at radius 2 is 2.12 bits per heavy atom. The van der Waals surface area contributed by atoms with E-state index in [0.29, 0.717) is 11.0 Å². The van der Waals surface area contributed by atoms with Crippen LogP contribution in [0.4, 0.5) is 5.69 Å². The SMILES string of the molecule is Cc1cc(NC(=O)CSc2nnc(-c3ccccn3)n2C)ccc1Br. The molecule has 0 aliphatic heterocycles. The van der Waals surface area contributed by atoms with Gasteiger partial charge in [0, 0.05) is 23.4 Å². The fraction of sp³-hybridized carbons (Fsp3) is 0.176. The average Bonchev–Trinajstić information content (AvgIpc) is 2.98. The number of anilines is 1. The van der Waals surface area contributed by atoms with E-state index in [9.17, 15) is 4.79 Å². The van der Waals surface area contributed by atoms with E-state index in [-0.39, 0.29) is 11.7 Å². The molecule has 0 atom stereocenters. The van der Waals surface area contributed by atoms with Crippen LogP contribution < -0.4 is 5.32 Å². The normalized spacial score (nSPS) is 10.7. The fourth-order valence-electron chi connectivity index (χ4n) is 2.21. The third-order valence-corrected chi connectivity index (χ3v) is 5.41. The Balaban J connectivity index is 1.63. The van der Waals surface area contributed by atoms with E-state index in [0.717, 1.165) is 21.4 Å². The minimum Gasteiger partial charge on any atom is -0.325 e. The van der Waals surface area contributed by atoms with Crippen LogP contribution in [0.3, 0.4) is 0 Å². The molecule has 0 fully saturated rings. The van der Waals surface area contributed by atoms with Crippen molar-refractivity contribution >= 4 is 39.3 Å². The van der Waals surface area contributed by atoms with Gasteiger partial charge in [-0.2, -0.15) is 0 Å². The number of nitrogens with zero attached hydrogens (tertiary/aromatic N) is 4. The molecule has 0 bridgehead atoms. The first-order chi connectivity index (χ1) is 12.0. The minimum absolute atomic E-state index is 0.0888. The Morgan fingerprint density at radius 1 is 1.28 bits per heavy atom. The van der Waals surface area contributed by atoms with E-state index in [1.165, 1.54) is 11.8 Å². The van der Waals surface area contributed by atoms with E-state index in [1.54, 1.807) is 6.20 Å². The van der Waals surface area contributed by atoms with Gasteiger partial charge >= 0.3 is 0 Å². The molecule has 3 rings (SSSR count). The highest BCUT2D eigenvalue weighted by atomic mass is 79.9. The zero-order valence-corrected chi connectivity index (χ0v) is 16.1. The molecule has 0 aliphatic rings.